The first-order valence-electron chi connectivity index (χ1n) is 36.4. The van der Waals surface area contributed by atoms with E-state index in [0.717, 1.165) is 44.9 Å². The highest BCUT2D eigenvalue weighted by atomic mass is 16.5. The minimum Gasteiger partial charge on any atom is -0.466 e. The summed E-state index contributed by atoms with van der Waals surface area (Å²) in [4.78, 5) is 24.7. The van der Waals surface area contributed by atoms with Crippen molar-refractivity contribution < 1.29 is 24.5 Å². The predicted molar refractivity (Wildman–Crippen MR) is 347 cm³/mol. The maximum absolute atomic E-state index is 12.5. The number of aliphatic hydroxyl groups excluding tert-OH is 2. The molecule has 2 unspecified atom stereocenters. The van der Waals surface area contributed by atoms with Gasteiger partial charge in [0.15, 0.2) is 0 Å². The van der Waals surface area contributed by atoms with Gasteiger partial charge in [-0.15, -0.1) is 0 Å². The van der Waals surface area contributed by atoms with Gasteiger partial charge in [-0.2, -0.15) is 0 Å². The van der Waals surface area contributed by atoms with Crippen LogP contribution >= 0.6 is 0 Å². The molecule has 0 aliphatic heterocycles. The molecule has 0 aliphatic carbocycles. The molecular formula is C73H143NO5. The standard InChI is InChI=1S/C73H143NO5/c1-3-5-7-9-11-13-15-17-19-21-23-30-33-37-41-45-49-53-57-61-65-71(76)70(69-75)74-72(77)66-62-58-54-50-46-42-38-34-31-28-26-24-25-27-29-32-36-40-44-48-52-56-60-64-68-79-73(78)67-63-59-55-51-47-43-39-35-22-20-18-16-14-12-10-8-6-4-2/h20,22,70-71,75-76H,3-19,21,23-69H2,1-2H3,(H,74,77)/b22-20-. The van der Waals surface area contributed by atoms with Crippen molar-refractivity contribution in [3.63, 3.8) is 0 Å². The molecule has 0 aromatic rings. The summed E-state index contributed by atoms with van der Waals surface area (Å²) in [5.41, 5.74) is 0. The highest BCUT2D eigenvalue weighted by Crippen LogP contribution is 2.19. The second-order valence-corrected chi connectivity index (χ2v) is 25.3. The van der Waals surface area contributed by atoms with Crippen LogP contribution in [0.25, 0.3) is 0 Å². The van der Waals surface area contributed by atoms with Gasteiger partial charge in [0.05, 0.1) is 25.4 Å². The quantitative estimate of drug-likeness (QED) is 0.0320. The second kappa shape index (κ2) is 69.1. The maximum atomic E-state index is 12.5. The zero-order valence-corrected chi connectivity index (χ0v) is 53.9. The number of hydrogen-bond donors (Lipinski definition) is 3. The molecular weight excluding hydrogens is 971 g/mol. The van der Waals surface area contributed by atoms with Crippen LogP contribution in [0.3, 0.4) is 0 Å². The van der Waals surface area contributed by atoms with Crippen molar-refractivity contribution >= 4 is 11.9 Å². The van der Waals surface area contributed by atoms with Gasteiger partial charge in [0.1, 0.15) is 0 Å². The molecule has 0 saturated heterocycles. The molecule has 470 valence electrons. The highest BCUT2D eigenvalue weighted by Gasteiger charge is 2.20. The molecule has 1 amide bonds. The lowest BCUT2D eigenvalue weighted by Crippen LogP contribution is -2.45. The van der Waals surface area contributed by atoms with Crippen LogP contribution in [-0.2, 0) is 14.3 Å². The Labute approximate surface area is 495 Å². The van der Waals surface area contributed by atoms with Crippen LogP contribution in [0.15, 0.2) is 12.2 Å². The fourth-order valence-electron chi connectivity index (χ4n) is 11.8. The molecule has 0 radical (unpaired) electrons. The zero-order valence-electron chi connectivity index (χ0n) is 53.9. The third-order valence-electron chi connectivity index (χ3n) is 17.3. The van der Waals surface area contributed by atoms with Gasteiger partial charge < -0.3 is 20.3 Å². The Kier molecular flexibility index (Phi) is 67.9. The number of unbranched alkanes of at least 4 members (excludes halogenated alkanes) is 56. The minimum absolute atomic E-state index is 0.0139. The number of carbonyl (C=O) groups is 2. The first kappa shape index (κ1) is 77.6. The molecule has 3 N–H and O–H groups in total. The Hall–Kier alpha value is -1.40. The van der Waals surface area contributed by atoms with Gasteiger partial charge >= 0.3 is 5.97 Å². The molecule has 0 bridgehead atoms. The zero-order chi connectivity index (χ0) is 57.1. The van der Waals surface area contributed by atoms with Crippen LogP contribution in [0, 0.1) is 0 Å². The summed E-state index contributed by atoms with van der Waals surface area (Å²) < 4.78 is 5.51. The Morgan fingerprint density at radius 2 is 0.595 bits per heavy atom. The molecule has 0 spiro atoms. The summed E-state index contributed by atoms with van der Waals surface area (Å²) in [6.45, 7) is 5.00. The van der Waals surface area contributed by atoms with E-state index in [1.54, 1.807) is 0 Å². The van der Waals surface area contributed by atoms with E-state index < -0.39 is 12.1 Å². The molecule has 0 aliphatic rings. The van der Waals surface area contributed by atoms with Gasteiger partial charge in [-0.3, -0.25) is 9.59 Å². The predicted octanol–water partition coefficient (Wildman–Crippen LogP) is 23.5. The largest absolute Gasteiger partial charge is 0.466 e. The van der Waals surface area contributed by atoms with E-state index in [-0.39, 0.29) is 18.5 Å². The Morgan fingerprint density at radius 1 is 0.342 bits per heavy atom. The molecule has 0 aromatic heterocycles. The van der Waals surface area contributed by atoms with Crippen molar-refractivity contribution in [3.8, 4) is 0 Å². The number of nitrogens with one attached hydrogen (secondary N) is 1. The van der Waals surface area contributed by atoms with E-state index in [1.165, 1.54) is 340 Å². The van der Waals surface area contributed by atoms with Crippen LogP contribution < -0.4 is 5.32 Å². The van der Waals surface area contributed by atoms with Crippen molar-refractivity contribution in [1.82, 2.24) is 5.32 Å². The molecule has 0 aromatic carbocycles. The van der Waals surface area contributed by atoms with Gasteiger partial charge in [0, 0.05) is 12.8 Å². The lowest BCUT2D eigenvalue weighted by Gasteiger charge is -2.22. The average Bonchev–Trinajstić information content (AvgIpc) is 3.45. The Morgan fingerprint density at radius 3 is 0.899 bits per heavy atom. The number of ether oxygens (including phenoxy) is 1. The van der Waals surface area contributed by atoms with E-state index >= 15 is 0 Å². The first-order valence-corrected chi connectivity index (χ1v) is 36.4. The number of carbonyl (C=O) groups excluding carboxylic acids is 2. The van der Waals surface area contributed by atoms with Gasteiger partial charge in [0.25, 0.3) is 0 Å². The summed E-state index contributed by atoms with van der Waals surface area (Å²) in [5, 5.41) is 23.4. The summed E-state index contributed by atoms with van der Waals surface area (Å²) >= 11 is 0. The topological polar surface area (TPSA) is 95.9 Å². The van der Waals surface area contributed by atoms with Crippen molar-refractivity contribution in [2.24, 2.45) is 0 Å². The molecule has 0 rings (SSSR count). The van der Waals surface area contributed by atoms with Gasteiger partial charge in [-0.05, 0) is 51.4 Å². The van der Waals surface area contributed by atoms with E-state index in [0.29, 0.717) is 25.9 Å². The monoisotopic (exact) mass is 1110 g/mol. The van der Waals surface area contributed by atoms with Crippen molar-refractivity contribution in [1.29, 1.82) is 0 Å². The maximum Gasteiger partial charge on any atom is 0.305 e. The second-order valence-electron chi connectivity index (χ2n) is 25.3. The number of rotatable bonds is 69. The summed E-state index contributed by atoms with van der Waals surface area (Å²) in [5.74, 6) is -0.0150. The lowest BCUT2D eigenvalue weighted by molar-refractivity contribution is -0.143. The fraction of sp³-hybridized carbons (Fsp3) is 0.945. The van der Waals surface area contributed by atoms with Crippen LogP contribution in [-0.4, -0.2) is 47.4 Å². The summed E-state index contributed by atoms with van der Waals surface area (Å²) in [6.07, 6.45) is 85.5. The van der Waals surface area contributed by atoms with Crippen LogP contribution in [0.4, 0.5) is 0 Å². The molecule has 2 atom stereocenters. The third-order valence-corrected chi connectivity index (χ3v) is 17.3. The Bertz CT molecular complexity index is 1190. The minimum atomic E-state index is -0.664. The molecule has 0 fully saturated rings. The number of hydrogen-bond acceptors (Lipinski definition) is 5. The number of aliphatic hydroxyl groups is 2. The molecule has 6 nitrogen and oxygen atoms in total. The van der Waals surface area contributed by atoms with Crippen molar-refractivity contribution in [2.45, 2.75) is 431 Å². The molecule has 0 heterocycles. The molecule has 0 saturated carbocycles. The lowest BCUT2D eigenvalue weighted by atomic mass is 10.0. The number of esters is 1. The van der Waals surface area contributed by atoms with E-state index in [2.05, 4.69) is 31.3 Å². The van der Waals surface area contributed by atoms with Crippen LogP contribution in [0.2, 0.25) is 0 Å². The Balaban J connectivity index is 3.35. The molecule has 79 heavy (non-hydrogen) atoms. The number of amides is 1. The molecule has 6 heteroatoms. The van der Waals surface area contributed by atoms with E-state index in [9.17, 15) is 19.8 Å². The van der Waals surface area contributed by atoms with Crippen LogP contribution in [0.5, 0.6) is 0 Å². The van der Waals surface area contributed by atoms with Crippen molar-refractivity contribution in [3.05, 3.63) is 12.2 Å². The smallest absolute Gasteiger partial charge is 0.305 e. The van der Waals surface area contributed by atoms with E-state index in [4.69, 9.17) is 4.74 Å². The van der Waals surface area contributed by atoms with Crippen molar-refractivity contribution in [2.75, 3.05) is 13.2 Å². The normalized spacial score (nSPS) is 12.5. The first-order chi connectivity index (χ1) is 39.0. The van der Waals surface area contributed by atoms with Gasteiger partial charge in [0.2, 0.25) is 5.91 Å². The summed E-state index contributed by atoms with van der Waals surface area (Å²) in [7, 11) is 0. The summed E-state index contributed by atoms with van der Waals surface area (Å²) in [6, 6.07) is -0.541. The van der Waals surface area contributed by atoms with Gasteiger partial charge in [-0.25, -0.2) is 0 Å². The van der Waals surface area contributed by atoms with Crippen LogP contribution in [0.1, 0.15) is 418 Å². The third kappa shape index (κ3) is 65.6. The number of allylic oxidation sites excluding steroid dienone is 2. The van der Waals surface area contributed by atoms with Gasteiger partial charge in [-0.1, -0.05) is 366 Å². The fourth-order valence-corrected chi connectivity index (χ4v) is 11.8. The highest BCUT2D eigenvalue weighted by molar-refractivity contribution is 5.76. The average molecular weight is 1110 g/mol. The van der Waals surface area contributed by atoms with E-state index in [1.807, 2.05) is 0 Å². The SMILES string of the molecule is CCCCCCCCC/C=C\CCCCCCCCCC(=O)OCCCCCCCCCCCCCCCCCCCCCCCCCCC(=O)NC(CO)C(O)CCCCCCCCCCCCCCCCCCCCCC.